The molecule has 142 valence electrons. The molecule has 2 aliphatic heterocycles. The summed E-state index contributed by atoms with van der Waals surface area (Å²) >= 11 is 0. The summed E-state index contributed by atoms with van der Waals surface area (Å²) in [5.41, 5.74) is 0.827. The predicted octanol–water partition coefficient (Wildman–Crippen LogP) is 1.90. The first kappa shape index (κ1) is 18.7. The lowest BCUT2D eigenvalue weighted by Crippen LogP contribution is -2.49. The van der Waals surface area contributed by atoms with Crippen LogP contribution in [-0.2, 0) is 16.0 Å². The molecule has 1 aromatic rings. The van der Waals surface area contributed by atoms with Gasteiger partial charge in [-0.1, -0.05) is 30.3 Å². The molecule has 2 amide bonds. The van der Waals surface area contributed by atoms with E-state index in [1.54, 1.807) is 0 Å². The van der Waals surface area contributed by atoms with Gasteiger partial charge in [-0.05, 0) is 38.9 Å². The fourth-order valence-electron chi connectivity index (χ4n) is 3.96. The largest absolute Gasteiger partial charge is 0.461 e. The van der Waals surface area contributed by atoms with Gasteiger partial charge in [-0.3, -0.25) is 4.79 Å². The molecule has 2 saturated heterocycles. The van der Waals surface area contributed by atoms with Crippen molar-refractivity contribution in [2.75, 3.05) is 40.3 Å². The molecule has 3 rings (SSSR count). The summed E-state index contributed by atoms with van der Waals surface area (Å²) in [7, 11) is 3.97. The molecule has 26 heavy (non-hydrogen) atoms. The Hall–Kier alpha value is -2.08. The number of rotatable bonds is 5. The number of urea groups is 1. The van der Waals surface area contributed by atoms with Crippen molar-refractivity contribution in [1.29, 1.82) is 0 Å². The van der Waals surface area contributed by atoms with E-state index in [0.29, 0.717) is 32.5 Å². The van der Waals surface area contributed by atoms with Gasteiger partial charge in [0.05, 0.1) is 5.41 Å². The molecule has 2 heterocycles. The van der Waals surface area contributed by atoms with E-state index < -0.39 is 0 Å². The van der Waals surface area contributed by atoms with E-state index in [4.69, 9.17) is 4.74 Å². The van der Waals surface area contributed by atoms with Crippen molar-refractivity contribution in [1.82, 2.24) is 15.1 Å². The van der Waals surface area contributed by atoms with Crippen molar-refractivity contribution in [3.63, 3.8) is 0 Å². The minimum atomic E-state index is -0.387. The smallest absolute Gasteiger partial charge is 0.317 e. The average molecular weight is 359 g/mol. The van der Waals surface area contributed by atoms with Crippen LogP contribution in [0.1, 0.15) is 24.8 Å². The predicted molar refractivity (Wildman–Crippen MR) is 99.8 cm³/mol. The van der Waals surface area contributed by atoms with Crippen molar-refractivity contribution in [2.45, 2.75) is 31.8 Å². The van der Waals surface area contributed by atoms with Crippen LogP contribution >= 0.6 is 0 Å². The van der Waals surface area contributed by atoms with Crippen LogP contribution in [-0.4, -0.2) is 68.2 Å². The molecule has 2 aliphatic rings. The number of likely N-dealkylation sites (N-methyl/N-ethyl adjacent to an activating group) is 1. The monoisotopic (exact) mass is 359 g/mol. The summed E-state index contributed by atoms with van der Waals surface area (Å²) < 4.78 is 5.58. The van der Waals surface area contributed by atoms with Crippen LogP contribution in [0.5, 0.6) is 0 Å². The Labute approximate surface area is 155 Å². The maximum Gasteiger partial charge on any atom is 0.317 e. The number of cyclic esters (lactones) is 1. The second kappa shape index (κ2) is 8.08. The highest BCUT2D eigenvalue weighted by molar-refractivity contribution is 5.80. The Morgan fingerprint density at radius 3 is 2.62 bits per heavy atom. The van der Waals surface area contributed by atoms with Gasteiger partial charge in [0, 0.05) is 32.6 Å². The van der Waals surface area contributed by atoms with Gasteiger partial charge in [0.2, 0.25) is 0 Å². The fraction of sp³-hybridized carbons (Fsp3) is 0.600. The maximum absolute atomic E-state index is 12.4. The molecule has 0 radical (unpaired) electrons. The number of amides is 2. The minimum absolute atomic E-state index is 0.0243. The molecule has 1 spiro atoms. The van der Waals surface area contributed by atoms with Crippen molar-refractivity contribution in [3.05, 3.63) is 35.9 Å². The van der Waals surface area contributed by atoms with E-state index in [9.17, 15) is 9.59 Å². The highest BCUT2D eigenvalue weighted by Crippen LogP contribution is 2.43. The van der Waals surface area contributed by atoms with Crippen LogP contribution in [0, 0.1) is 5.41 Å². The van der Waals surface area contributed by atoms with Gasteiger partial charge in [-0.25, -0.2) is 4.79 Å². The maximum atomic E-state index is 12.4. The van der Waals surface area contributed by atoms with Crippen molar-refractivity contribution < 1.29 is 14.3 Å². The number of esters is 1. The minimum Gasteiger partial charge on any atom is -0.461 e. The summed E-state index contributed by atoms with van der Waals surface area (Å²) in [6.45, 7) is 2.61. The molecule has 6 heteroatoms. The first-order chi connectivity index (χ1) is 12.5. The van der Waals surface area contributed by atoms with E-state index in [1.807, 2.05) is 42.1 Å². The van der Waals surface area contributed by atoms with Gasteiger partial charge in [0.1, 0.15) is 6.10 Å². The Balaban J connectivity index is 1.44. The number of benzene rings is 1. The standard InChI is InChI=1S/C20H29N3O3/c1-22(2)15-17-14-20(18(24)26-17)9-12-23(13-10-20)19(25)21-11-8-16-6-4-3-5-7-16/h3-7,17H,8-15H2,1-2H3,(H,21,25). The molecule has 0 bridgehead atoms. The lowest BCUT2D eigenvalue weighted by atomic mass is 9.76. The number of ether oxygens (including phenoxy) is 1. The third kappa shape index (κ3) is 4.36. The van der Waals surface area contributed by atoms with Crippen LogP contribution in [0.25, 0.3) is 0 Å². The Morgan fingerprint density at radius 2 is 1.96 bits per heavy atom. The Bertz CT molecular complexity index is 624. The highest BCUT2D eigenvalue weighted by atomic mass is 16.6. The lowest BCUT2D eigenvalue weighted by Gasteiger charge is -2.36. The van der Waals surface area contributed by atoms with E-state index in [-0.39, 0.29) is 23.5 Å². The van der Waals surface area contributed by atoms with Crippen LogP contribution in [0.15, 0.2) is 30.3 Å². The molecule has 1 atom stereocenters. The number of nitrogens with zero attached hydrogens (tertiary/aromatic N) is 2. The third-order valence-corrected chi connectivity index (χ3v) is 5.43. The zero-order valence-corrected chi connectivity index (χ0v) is 15.7. The van der Waals surface area contributed by atoms with Gasteiger partial charge in [-0.15, -0.1) is 0 Å². The molecule has 0 saturated carbocycles. The molecular formula is C20H29N3O3. The first-order valence-electron chi connectivity index (χ1n) is 9.41. The number of carbonyl (C=O) groups excluding carboxylic acids is 2. The second-order valence-corrected chi connectivity index (χ2v) is 7.73. The van der Waals surface area contributed by atoms with Crippen molar-refractivity contribution >= 4 is 12.0 Å². The van der Waals surface area contributed by atoms with Crippen molar-refractivity contribution in [2.24, 2.45) is 5.41 Å². The lowest BCUT2D eigenvalue weighted by molar-refractivity contribution is -0.150. The quantitative estimate of drug-likeness (QED) is 0.816. The van der Waals surface area contributed by atoms with Crippen LogP contribution < -0.4 is 5.32 Å². The fourth-order valence-corrected chi connectivity index (χ4v) is 3.96. The van der Waals surface area contributed by atoms with E-state index in [0.717, 1.165) is 19.4 Å². The van der Waals surface area contributed by atoms with Gasteiger partial charge >= 0.3 is 12.0 Å². The number of hydrogen-bond acceptors (Lipinski definition) is 4. The molecule has 1 aromatic carbocycles. The van der Waals surface area contributed by atoms with Gasteiger partial charge in [0.25, 0.3) is 0 Å². The topological polar surface area (TPSA) is 61.9 Å². The molecule has 0 aromatic heterocycles. The van der Waals surface area contributed by atoms with E-state index >= 15 is 0 Å². The number of carbonyl (C=O) groups is 2. The summed E-state index contributed by atoms with van der Waals surface area (Å²) in [6.07, 6.45) is 2.96. The molecular weight excluding hydrogens is 330 g/mol. The number of nitrogens with one attached hydrogen (secondary N) is 1. The summed E-state index contributed by atoms with van der Waals surface area (Å²) in [4.78, 5) is 28.6. The zero-order valence-electron chi connectivity index (χ0n) is 15.7. The number of hydrogen-bond donors (Lipinski definition) is 1. The number of likely N-dealkylation sites (tertiary alicyclic amines) is 1. The van der Waals surface area contributed by atoms with E-state index in [2.05, 4.69) is 17.4 Å². The normalized spacial score (nSPS) is 21.9. The van der Waals surface area contributed by atoms with Crippen LogP contribution in [0.3, 0.4) is 0 Å². The molecule has 0 aliphatic carbocycles. The third-order valence-electron chi connectivity index (χ3n) is 5.43. The van der Waals surface area contributed by atoms with Gasteiger partial charge < -0.3 is 19.9 Å². The highest BCUT2D eigenvalue weighted by Gasteiger charge is 2.50. The molecule has 6 nitrogen and oxygen atoms in total. The summed E-state index contributed by atoms with van der Waals surface area (Å²) in [5.74, 6) is -0.0755. The van der Waals surface area contributed by atoms with Gasteiger partial charge in [0.15, 0.2) is 0 Å². The zero-order chi connectivity index (χ0) is 18.6. The number of piperidine rings is 1. The summed E-state index contributed by atoms with van der Waals surface area (Å²) in [5, 5.41) is 2.99. The molecule has 2 fully saturated rings. The Morgan fingerprint density at radius 1 is 1.27 bits per heavy atom. The van der Waals surface area contributed by atoms with Crippen LogP contribution in [0.2, 0.25) is 0 Å². The summed E-state index contributed by atoms with van der Waals surface area (Å²) in [6, 6.07) is 10.1. The van der Waals surface area contributed by atoms with Crippen LogP contribution in [0.4, 0.5) is 4.79 Å². The molecule has 1 unspecified atom stereocenters. The Kier molecular flexibility index (Phi) is 5.81. The second-order valence-electron chi connectivity index (χ2n) is 7.73. The van der Waals surface area contributed by atoms with Crippen molar-refractivity contribution in [3.8, 4) is 0 Å². The van der Waals surface area contributed by atoms with E-state index in [1.165, 1.54) is 5.56 Å². The molecule has 1 N–H and O–H groups in total. The SMILES string of the molecule is CN(C)CC1CC2(CCN(C(=O)NCCc3ccccc3)CC2)C(=O)O1. The average Bonchev–Trinajstić information content (AvgIpc) is 2.90. The van der Waals surface area contributed by atoms with Gasteiger partial charge in [-0.2, -0.15) is 0 Å². The first-order valence-corrected chi connectivity index (χ1v) is 9.41.